The van der Waals surface area contributed by atoms with E-state index in [1.165, 1.54) is 0 Å². The smallest absolute Gasteiger partial charge is 0.307 e. The highest BCUT2D eigenvalue weighted by atomic mass is 16.4. The van der Waals surface area contributed by atoms with Crippen LogP contribution in [0.3, 0.4) is 0 Å². The van der Waals surface area contributed by atoms with Gasteiger partial charge in [-0.1, -0.05) is 18.2 Å². The predicted molar refractivity (Wildman–Crippen MR) is 48.0 cm³/mol. The molecule has 0 atom stereocenters. The lowest BCUT2D eigenvalue weighted by Gasteiger charge is -2.00. The monoisotopic (exact) mass is 193 g/mol. The van der Waals surface area contributed by atoms with Gasteiger partial charge < -0.3 is 10.2 Å². The molecule has 2 N–H and O–H groups in total. The van der Waals surface area contributed by atoms with E-state index >= 15 is 0 Å². The van der Waals surface area contributed by atoms with Crippen LogP contribution >= 0.6 is 0 Å². The Hall–Kier alpha value is -1.84. The highest BCUT2D eigenvalue weighted by Crippen LogP contribution is 2.06. The van der Waals surface area contributed by atoms with Crippen LogP contribution in [0.4, 0.5) is 0 Å². The number of hydrogen-bond acceptors (Lipinski definition) is 2. The normalized spacial score (nSPS) is 9.71. The molecule has 1 rings (SSSR count). The maximum absolute atomic E-state index is 10.4. The third-order valence-corrected chi connectivity index (χ3v) is 1.62. The summed E-state index contributed by atoms with van der Waals surface area (Å²) in [6.07, 6.45) is -0.214. The van der Waals surface area contributed by atoms with Gasteiger partial charge in [0.2, 0.25) is 0 Å². The third-order valence-electron chi connectivity index (χ3n) is 1.62. The molecule has 0 aromatic heterocycles. The molecule has 0 spiro atoms. The average Bonchev–Trinajstić information content (AvgIpc) is 2.01. The van der Waals surface area contributed by atoms with Crippen molar-refractivity contribution < 1.29 is 19.8 Å². The summed E-state index contributed by atoms with van der Waals surface area (Å²) in [6.45, 7) is 0. The first kappa shape index (κ1) is 10.2. The Morgan fingerprint density at radius 3 is 1.86 bits per heavy atom. The molecule has 4 heteroatoms. The van der Waals surface area contributed by atoms with Gasteiger partial charge in [0.15, 0.2) is 0 Å². The highest BCUT2D eigenvalue weighted by Gasteiger charge is 2.04. The molecule has 14 heavy (non-hydrogen) atoms. The summed E-state index contributed by atoms with van der Waals surface area (Å²) in [5.41, 5.74) is 1.13. The Labute approximate surface area is 80.8 Å². The van der Waals surface area contributed by atoms with Gasteiger partial charge in [0.05, 0.1) is 12.8 Å². The van der Waals surface area contributed by atoms with E-state index in [0.29, 0.717) is 11.1 Å². The third kappa shape index (κ3) is 3.26. The molecule has 0 heterocycles. The molecule has 0 unspecified atom stereocenters. The average molecular weight is 193 g/mol. The molecule has 0 saturated heterocycles. The summed E-state index contributed by atoms with van der Waals surface area (Å²) in [5.74, 6) is -1.88. The van der Waals surface area contributed by atoms with E-state index in [-0.39, 0.29) is 12.8 Å². The van der Waals surface area contributed by atoms with E-state index in [1.54, 1.807) is 18.2 Å². The predicted octanol–water partition coefficient (Wildman–Crippen LogP) is 0.741. The first-order chi connectivity index (χ1) is 6.58. The summed E-state index contributed by atoms with van der Waals surface area (Å²) in [6, 6.07) is 7.36. The van der Waals surface area contributed by atoms with Crippen molar-refractivity contribution in [1.29, 1.82) is 0 Å². The fraction of sp³-hybridized carbons (Fsp3) is 0.200. The Kier molecular flexibility index (Phi) is 3.23. The maximum Gasteiger partial charge on any atom is 0.307 e. The number of carboxylic acids is 2. The second-order valence-corrected chi connectivity index (χ2v) is 2.89. The molecule has 0 aliphatic heterocycles. The van der Waals surface area contributed by atoms with Crippen molar-refractivity contribution in [3.05, 3.63) is 35.4 Å². The van der Waals surface area contributed by atoms with Crippen molar-refractivity contribution in [2.24, 2.45) is 0 Å². The summed E-state index contributed by atoms with van der Waals surface area (Å²) in [7, 11) is 0. The van der Waals surface area contributed by atoms with E-state index < -0.39 is 11.9 Å². The minimum Gasteiger partial charge on any atom is -0.481 e. The lowest BCUT2D eigenvalue weighted by atomic mass is 10.1. The molecule has 0 aliphatic carbocycles. The SMILES string of the molecule is O=C(O)Cc1c[c]cc(CC(=O)O)c1. The van der Waals surface area contributed by atoms with Crippen LogP contribution in [0.5, 0.6) is 0 Å². The quantitative estimate of drug-likeness (QED) is 0.739. The zero-order valence-corrected chi connectivity index (χ0v) is 7.36. The van der Waals surface area contributed by atoms with Crippen LogP contribution in [0, 0.1) is 6.07 Å². The van der Waals surface area contributed by atoms with E-state index in [1.807, 2.05) is 0 Å². The van der Waals surface area contributed by atoms with Gasteiger partial charge in [0, 0.05) is 0 Å². The first-order valence-corrected chi connectivity index (χ1v) is 4.00. The van der Waals surface area contributed by atoms with Crippen LogP contribution < -0.4 is 0 Å². The summed E-state index contributed by atoms with van der Waals surface area (Å²) in [4.78, 5) is 20.7. The molecular weight excluding hydrogens is 184 g/mol. The summed E-state index contributed by atoms with van der Waals surface area (Å²) < 4.78 is 0. The molecular formula is C10H9O4. The van der Waals surface area contributed by atoms with Crippen molar-refractivity contribution in [2.45, 2.75) is 12.8 Å². The molecule has 0 aliphatic rings. The molecule has 0 saturated carbocycles. The standard InChI is InChI=1S/C10H9O4/c11-9(12)5-7-2-1-3-8(4-7)6-10(13)14/h2-4H,5-6H2,(H,11,12)(H,13,14). The van der Waals surface area contributed by atoms with Crippen LogP contribution in [-0.2, 0) is 22.4 Å². The zero-order chi connectivity index (χ0) is 10.6. The Bertz CT molecular complexity index is 326. The van der Waals surface area contributed by atoms with E-state index in [4.69, 9.17) is 10.2 Å². The molecule has 1 radical (unpaired) electrons. The number of carboxylic acid groups (broad SMARTS) is 2. The van der Waals surface area contributed by atoms with E-state index in [0.717, 1.165) is 0 Å². The minimum atomic E-state index is -0.939. The molecule has 1 aromatic carbocycles. The summed E-state index contributed by atoms with van der Waals surface area (Å²) in [5, 5.41) is 17.0. The fourth-order valence-electron chi connectivity index (χ4n) is 1.13. The van der Waals surface area contributed by atoms with Crippen molar-refractivity contribution in [1.82, 2.24) is 0 Å². The number of aliphatic carboxylic acids is 2. The van der Waals surface area contributed by atoms with Crippen LogP contribution in [0.1, 0.15) is 11.1 Å². The lowest BCUT2D eigenvalue weighted by Crippen LogP contribution is -2.03. The van der Waals surface area contributed by atoms with Crippen molar-refractivity contribution in [3.8, 4) is 0 Å². The van der Waals surface area contributed by atoms with Crippen LogP contribution in [-0.4, -0.2) is 22.2 Å². The second kappa shape index (κ2) is 4.41. The number of rotatable bonds is 4. The van der Waals surface area contributed by atoms with Gasteiger partial charge in [0.1, 0.15) is 0 Å². The van der Waals surface area contributed by atoms with Gasteiger partial charge in [-0.25, -0.2) is 0 Å². The number of benzene rings is 1. The summed E-state index contributed by atoms with van der Waals surface area (Å²) >= 11 is 0. The van der Waals surface area contributed by atoms with Crippen LogP contribution in [0.25, 0.3) is 0 Å². The van der Waals surface area contributed by atoms with Crippen LogP contribution in [0.2, 0.25) is 0 Å². The molecule has 0 amide bonds. The Morgan fingerprint density at radius 1 is 1.07 bits per heavy atom. The van der Waals surface area contributed by atoms with Gasteiger partial charge >= 0.3 is 11.9 Å². The second-order valence-electron chi connectivity index (χ2n) is 2.89. The largest absolute Gasteiger partial charge is 0.481 e. The topological polar surface area (TPSA) is 74.6 Å². The number of hydrogen-bond donors (Lipinski definition) is 2. The minimum absolute atomic E-state index is 0.107. The van der Waals surface area contributed by atoms with E-state index in [9.17, 15) is 9.59 Å². The van der Waals surface area contributed by atoms with Gasteiger partial charge in [0.25, 0.3) is 0 Å². The van der Waals surface area contributed by atoms with Gasteiger partial charge in [-0.2, -0.15) is 0 Å². The van der Waals surface area contributed by atoms with Gasteiger partial charge in [-0.15, -0.1) is 0 Å². The first-order valence-electron chi connectivity index (χ1n) is 4.00. The fourth-order valence-corrected chi connectivity index (χ4v) is 1.13. The Balaban J connectivity index is 2.78. The van der Waals surface area contributed by atoms with Crippen molar-refractivity contribution in [2.75, 3.05) is 0 Å². The molecule has 73 valence electrons. The molecule has 0 fully saturated rings. The van der Waals surface area contributed by atoms with E-state index in [2.05, 4.69) is 6.07 Å². The lowest BCUT2D eigenvalue weighted by molar-refractivity contribution is -0.137. The van der Waals surface area contributed by atoms with Crippen molar-refractivity contribution >= 4 is 11.9 Å². The van der Waals surface area contributed by atoms with Gasteiger partial charge in [-0.05, 0) is 17.2 Å². The van der Waals surface area contributed by atoms with Gasteiger partial charge in [-0.3, -0.25) is 9.59 Å². The van der Waals surface area contributed by atoms with Crippen LogP contribution in [0.15, 0.2) is 18.2 Å². The van der Waals surface area contributed by atoms with Crippen molar-refractivity contribution in [3.63, 3.8) is 0 Å². The molecule has 1 aromatic rings. The molecule has 0 bridgehead atoms. The Morgan fingerprint density at radius 2 is 1.50 bits per heavy atom. The maximum atomic E-state index is 10.4. The number of carbonyl (C=O) groups is 2. The highest BCUT2D eigenvalue weighted by molar-refractivity contribution is 5.72. The molecule has 4 nitrogen and oxygen atoms in total. The zero-order valence-electron chi connectivity index (χ0n) is 7.36.